The molecule has 0 saturated heterocycles. The van der Waals surface area contributed by atoms with E-state index in [0.717, 1.165) is 28.8 Å². The largest absolute Gasteiger partial charge is 0.416 e. The Morgan fingerprint density at radius 2 is 1.44 bits per heavy atom. The Morgan fingerprint density at radius 1 is 0.875 bits per heavy atom. The number of benzene rings is 3. The Morgan fingerprint density at radius 3 is 1.97 bits per heavy atom. The number of amides is 1. The lowest BCUT2D eigenvalue weighted by atomic mass is 9.88. The summed E-state index contributed by atoms with van der Waals surface area (Å²) < 4.78 is 39.0. The molecule has 7 heteroatoms. The maximum Gasteiger partial charge on any atom is 0.416 e. The Balaban J connectivity index is 1.81. The molecule has 0 saturated carbocycles. The van der Waals surface area contributed by atoms with Crippen molar-refractivity contribution in [3.63, 3.8) is 0 Å². The van der Waals surface area contributed by atoms with Crippen LogP contribution in [0.4, 0.5) is 13.2 Å². The van der Waals surface area contributed by atoms with Gasteiger partial charge in [-0.15, -0.1) is 0 Å². The van der Waals surface area contributed by atoms with Crippen LogP contribution in [0, 0.1) is 0 Å². The first kappa shape index (κ1) is 23.8. The maximum atomic E-state index is 13.0. The van der Waals surface area contributed by atoms with E-state index in [9.17, 15) is 18.0 Å². The molecule has 0 fully saturated rings. The molecule has 168 valence electrons. The van der Waals surface area contributed by atoms with Gasteiger partial charge in [0.15, 0.2) is 0 Å². The second-order valence-electron chi connectivity index (χ2n) is 7.42. The normalized spacial score (nSPS) is 13.4. The smallest absolute Gasteiger partial charge is 0.358 e. The number of nitrogens with one attached hydrogen (secondary N) is 2. The number of hydrogen-bond acceptors (Lipinski definition) is 2. The average molecular weight is 461 g/mol. The maximum absolute atomic E-state index is 13.0. The molecule has 0 aliphatic carbocycles. The number of carbonyl (C=O) groups excluding carboxylic acids is 1. The van der Waals surface area contributed by atoms with Gasteiger partial charge in [-0.05, 0) is 53.9 Å². The number of halogens is 4. The predicted octanol–water partition coefficient (Wildman–Crippen LogP) is 5.96. The minimum atomic E-state index is -4.38. The van der Waals surface area contributed by atoms with E-state index in [4.69, 9.17) is 11.6 Å². The van der Waals surface area contributed by atoms with Crippen LogP contribution in [0.2, 0.25) is 5.02 Å². The quantitative estimate of drug-likeness (QED) is 0.435. The van der Waals surface area contributed by atoms with Crippen molar-refractivity contribution in [3.8, 4) is 0 Å². The molecule has 2 N–H and O–H groups in total. The van der Waals surface area contributed by atoms with Crippen LogP contribution < -0.4 is 10.6 Å². The lowest BCUT2D eigenvalue weighted by Crippen LogP contribution is -2.36. The van der Waals surface area contributed by atoms with Crippen LogP contribution >= 0.6 is 11.6 Å². The van der Waals surface area contributed by atoms with Gasteiger partial charge in [0.2, 0.25) is 5.91 Å². The van der Waals surface area contributed by atoms with Crippen LogP contribution in [-0.4, -0.2) is 19.5 Å². The van der Waals surface area contributed by atoms with Gasteiger partial charge in [0.25, 0.3) is 0 Å². The first-order valence-electron chi connectivity index (χ1n) is 10.2. The summed E-state index contributed by atoms with van der Waals surface area (Å²) >= 11 is 6.02. The van der Waals surface area contributed by atoms with Gasteiger partial charge in [0.1, 0.15) is 6.04 Å². The number of carbonyl (C=O) groups is 1. The summed E-state index contributed by atoms with van der Waals surface area (Å²) in [6, 6.07) is 21.3. The van der Waals surface area contributed by atoms with Crippen molar-refractivity contribution in [3.05, 3.63) is 106 Å². The van der Waals surface area contributed by atoms with Gasteiger partial charge in [-0.25, -0.2) is 0 Å². The van der Waals surface area contributed by atoms with Crippen LogP contribution in [0.25, 0.3) is 0 Å². The van der Waals surface area contributed by atoms with Crippen LogP contribution in [0.1, 0.15) is 40.6 Å². The van der Waals surface area contributed by atoms with Gasteiger partial charge in [-0.1, -0.05) is 66.2 Å². The standard InChI is InChI=1S/C25H24ClF3N2O/c1-30-24(32)23(19-5-3-2-4-6-19)31-16-15-22(18-9-13-21(26)14-10-18)17-7-11-20(12-8-17)25(27,28)29/h2-14,22-23,31H,15-16H2,1H3,(H,30,32)/t22-,23+/m0/s1. The van der Waals surface area contributed by atoms with Crippen molar-refractivity contribution in [1.29, 1.82) is 0 Å². The first-order valence-corrected chi connectivity index (χ1v) is 10.6. The Labute approximate surface area is 190 Å². The number of likely N-dealkylation sites (N-methyl/N-ethyl adjacent to an activating group) is 1. The number of hydrogen-bond donors (Lipinski definition) is 2. The molecule has 0 radical (unpaired) electrons. The van der Waals surface area contributed by atoms with E-state index in [1.807, 2.05) is 42.5 Å². The van der Waals surface area contributed by atoms with E-state index < -0.39 is 17.8 Å². The highest BCUT2D eigenvalue weighted by Gasteiger charge is 2.30. The molecule has 0 aromatic heterocycles. The van der Waals surface area contributed by atoms with Crippen LogP contribution in [0.15, 0.2) is 78.9 Å². The fourth-order valence-electron chi connectivity index (χ4n) is 3.65. The lowest BCUT2D eigenvalue weighted by Gasteiger charge is -2.22. The van der Waals surface area contributed by atoms with Crippen molar-refractivity contribution in [2.24, 2.45) is 0 Å². The van der Waals surface area contributed by atoms with E-state index in [1.54, 1.807) is 19.2 Å². The van der Waals surface area contributed by atoms with Crippen molar-refractivity contribution in [1.82, 2.24) is 10.6 Å². The molecule has 32 heavy (non-hydrogen) atoms. The summed E-state index contributed by atoms with van der Waals surface area (Å²) in [5.41, 5.74) is 1.85. The Hall–Kier alpha value is -2.83. The zero-order chi connectivity index (χ0) is 23.1. The van der Waals surface area contributed by atoms with Crippen LogP contribution in [0.5, 0.6) is 0 Å². The van der Waals surface area contributed by atoms with E-state index >= 15 is 0 Å². The van der Waals surface area contributed by atoms with Crippen molar-refractivity contribution in [2.45, 2.75) is 24.6 Å². The first-order chi connectivity index (χ1) is 15.3. The molecule has 0 spiro atoms. The Kier molecular flexibility index (Phi) is 7.94. The molecule has 0 aliphatic heterocycles. The van der Waals surface area contributed by atoms with Gasteiger partial charge >= 0.3 is 6.18 Å². The lowest BCUT2D eigenvalue weighted by molar-refractivity contribution is -0.137. The zero-order valence-corrected chi connectivity index (χ0v) is 18.3. The van der Waals surface area contributed by atoms with Gasteiger partial charge < -0.3 is 10.6 Å². The molecule has 0 aliphatic rings. The van der Waals surface area contributed by atoms with Gasteiger partial charge in [0, 0.05) is 18.0 Å². The van der Waals surface area contributed by atoms with E-state index in [2.05, 4.69) is 10.6 Å². The molecule has 3 aromatic carbocycles. The number of alkyl halides is 3. The molecule has 3 rings (SSSR count). The topological polar surface area (TPSA) is 41.1 Å². The SMILES string of the molecule is CNC(=O)[C@H](NCC[C@H](c1ccc(Cl)cc1)c1ccc(C(F)(F)F)cc1)c1ccccc1. The van der Waals surface area contributed by atoms with Gasteiger partial charge in [-0.3, -0.25) is 4.79 Å². The van der Waals surface area contributed by atoms with E-state index in [1.165, 1.54) is 12.1 Å². The summed E-state index contributed by atoms with van der Waals surface area (Å²) in [6.45, 7) is 0.474. The molecule has 0 heterocycles. The summed E-state index contributed by atoms with van der Waals surface area (Å²) in [5, 5.41) is 6.54. The molecule has 1 amide bonds. The molecular formula is C25H24ClF3N2O. The average Bonchev–Trinajstić information content (AvgIpc) is 2.80. The molecule has 2 atom stereocenters. The highest BCUT2D eigenvalue weighted by atomic mass is 35.5. The van der Waals surface area contributed by atoms with Gasteiger partial charge in [-0.2, -0.15) is 13.2 Å². The van der Waals surface area contributed by atoms with E-state index in [-0.39, 0.29) is 11.8 Å². The molecule has 3 nitrogen and oxygen atoms in total. The second-order valence-corrected chi connectivity index (χ2v) is 7.86. The summed E-state index contributed by atoms with van der Waals surface area (Å²) in [7, 11) is 1.58. The third-order valence-electron chi connectivity index (χ3n) is 5.34. The summed E-state index contributed by atoms with van der Waals surface area (Å²) in [6.07, 6.45) is -3.81. The predicted molar refractivity (Wildman–Crippen MR) is 121 cm³/mol. The van der Waals surface area contributed by atoms with Crippen molar-refractivity contribution < 1.29 is 18.0 Å². The van der Waals surface area contributed by atoms with Crippen molar-refractivity contribution in [2.75, 3.05) is 13.6 Å². The molecule has 0 bridgehead atoms. The number of rotatable bonds is 8. The summed E-state index contributed by atoms with van der Waals surface area (Å²) in [4.78, 5) is 12.4. The van der Waals surface area contributed by atoms with Crippen molar-refractivity contribution >= 4 is 17.5 Å². The van der Waals surface area contributed by atoms with Gasteiger partial charge in [0.05, 0.1) is 5.56 Å². The third-order valence-corrected chi connectivity index (χ3v) is 5.59. The minimum absolute atomic E-state index is 0.159. The summed E-state index contributed by atoms with van der Waals surface area (Å²) in [5.74, 6) is -0.322. The fourth-order valence-corrected chi connectivity index (χ4v) is 3.78. The fraction of sp³-hybridized carbons (Fsp3) is 0.240. The highest BCUT2D eigenvalue weighted by molar-refractivity contribution is 6.30. The van der Waals surface area contributed by atoms with Crippen LogP contribution in [0.3, 0.4) is 0 Å². The molecule has 0 unspecified atom stereocenters. The monoisotopic (exact) mass is 460 g/mol. The second kappa shape index (κ2) is 10.7. The highest BCUT2D eigenvalue weighted by Crippen LogP contribution is 2.33. The van der Waals surface area contributed by atoms with E-state index in [0.29, 0.717) is 18.0 Å². The molecular weight excluding hydrogens is 437 g/mol. The van der Waals surface area contributed by atoms with Crippen LogP contribution in [-0.2, 0) is 11.0 Å². The molecule has 3 aromatic rings. The zero-order valence-electron chi connectivity index (χ0n) is 17.5. The minimum Gasteiger partial charge on any atom is -0.358 e. The third kappa shape index (κ3) is 6.11. The Bertz CT molecular complexity index is 1010.